The molecule has 0 saturated heterocycles. The molecule has 9 heteroatoms. The van der Waals surface area contributed by atoms with Crippen molar-refractivity contribution in [3.8, 4) is 22.8 Å². The van der Waals surface area contributed by atoms with Gasteiger partial charge in [0, 0.05) is 0 Å². The first-order valence-electron chi connectivity index (χ1n) is 7.93. The fraction of sp³-hybridized carbons (Fsp3) is 0.333. The second-order valence-electron chi connectivity index (χ2n) is 5.91. The molecule has 1 aromatic heterocycles. The maximum atomic E-state index is 12.5. The predicted molar refractivity (Wildman–Crippen MR) is 107 cm³/mol. The van der Waals surface area contributed by atoms with E-state index in [1.54, 1.807) is 24.5 Å². The van der Waals surface area contributed by atoms with Crippen LogP contribution < -0.4 is 27.0 Å². The number of halogens is 2. The normalized spacial score (nSPS) is 12.7. The number of aryl methyl sites for hydroxylation is 1. The Balaban J connectivity index is 2.80. The molecule has 27 heavy (non-hydrogen) atoms. The molecule has 0 unspecified atom stereocenters. The Morgan fingerprint density at radius 2 is 1.93 bits per heavy atom. The van der Waals surface area contributed by atoms with Gasteiger partial charge in [0.1, 0.15) is 0 Å². The number of benzene rings is 1. The number of alkyl halides is 4. The number of pyridine rings is 1. The number of phenolic OH excluding ortho intramolecular Hbond substituents is 2. The van der Waals surface area contributed by atoms with Gasteiger partial charge in [-0.05, 0) is 0 Å². The van der Waals surface area contributed by atoms with Gasteiger partial charge in [-0.2, -0.15) is 0 Å². The van der Waals surface area contributed by atoms with Crippen molar-refractivity contribution in [2.75, 3.05) is 16.5 Å². The van der Waals surface area contributed by atoms with Gasteiger partial charge in [0.15, 0.2) is 0 Å². The van der Waals surface area contributed by atoms with Gasteiger partial charge in [0.05, 0.1) is 0 Å². The van der Waals surface area contributed by atoms with E-state index < -0.39 is 52.8 Å². The van der Waals surface area contributed by atoms with Crippen LogP contribution in [0.4, 0.5) is 0 Å². The average molecular weight is 602 g/mol. The van der Waals surface area contributed by atoms with E-state index in [4.69, 9.17) is 4.74 Å². The number of aromatic nitrogens is 1. The molecular weight excluding hydrogens is 580 g/mol. The molecule has 0 spiro atoms. The molecule has 7 nitrogen and oxygen atoms in total. The molecule has 0 saturated carbocycles. The first kappa shape index (κ1) is 22.0. The zero-order valence-corrected chi connectivity index (χ0v) is 19.7. The van der Waals surface area contributed by atoms with E-state index in [1.807, 2.05) is 0 Å². The van der Waals surface area contributed by atoms with Gasteiger partial charge < -0.3 is 0 Å². The molecule has 2 rings (SSSR count). The van der Waals surface area contributed by atoms with Gasteiger partial charge in [-0.25, -0.2) is 0 Å². The van der Waals surface area contributed by atoms with Crippen LogP contribution in [0.5, 0.6) is 11.5 Å². The molecule has 1 heterocycles. The minimum absolute atomic E-state index is 0.0566. The number of hydrogen-bond donors (Lipinski definition) is 3. The Labute approximate surface area is 175 Å². The van der Waals surface area contributed by atoms with Gasteiger partial charge in [0.25, 0.3) is 0 Å². The van der Waals surface area contributed by atoms with E-state index in [9.17, 15) is 23.2 Å². The zero-order valence-electron chi connectivity index (χ0n) is 15.4. The summed E-state index contributed by atoms with van der Waals surface area (Å²) in [6, 6.07) is 4.08. The van der Waals surface area contributed by atoms with Gasteiger partial charge in [-0.3, -0.25) is 0 Å². The minimum atomic E-state index is -1.59. The van der Waals surface area contributed by atoms with Crippen LogP contribution in [0.3, 0.4) is 0 Å². The third-order valence-electron chi connectivity index (χ3n) is 3.82. The van der Waals surface area contributed by atoms with Crippen LogP contribution in [0.25, 0.3) is 11.3 Å². The van der Waals surface area contributed by atoms with Crippen LogP contribution in [-0.4, -0.2) is 40.7 Å². The predicted octanol–water partition coefficient (Wildman–Crippen LogP) is -0.370. The number of aromatic hydroxyl groups is 2. The van der Waals surface area contributed by atoms with E-state index in [0.29, 0.717) is 16.8 Å². The van der Waals surface area contributed by atoms with Gasteiger partial charge >= 0.3 is 176 Å². The third-order valence-corrected chi connectivity index (χ3v) is 15.3. The van der Waals surface area contributed by atoms with Crippen LogP contribution in [0.2, 0.25) is 0 Å². The molecule has 0 aliphatic rings. The summed E-state index contributed by atoms with van der Waals surface area (Å²) in [5.41, 5.74) is 0.675. The van der Waals surface area contributed by atoms with Crippen LogP contribution >= 0.6 is 19.8 Å². The number of ether oxygens (including phenoxy) is 1. The van der Waals surface area contributed by atoms with Crippen molar-refractivity contribution in [2.45, 2.75) is 15.9 Å². The number of esters is 1. The van der Waals surface area contributed by atoms with Gasteiger partial charge in [-0.15, -0.1) is 0 Å². The Bertz CT molecular complexity index is 909. The molecule has 3 N–H and O–H groups in total. The fourth-order valence-electron chi connectivity index (χ4n) is 2.51. The number of carbonyl (C=O) groups excluding carboxylic acids is 1. The second-order valence-corrected chi connectivity index (χ2v) is 15.9. The number of rotatable bonds is 6. The third kappa shape index (κ3) is 4.74. The summed E-state index contributed by atoms with van der Waals surface area (Å²) in [6.07, 6.45) is 1.43. The molecule has 0 fully saturated rings. The van der Waals surface area contributed by atoms with Crippen molar-refractivity contribution in [3.05, 3.63) is 45.7 Å². The molecule has 0 bridgehead atoms. The van der Waals surface area contributed by atoms with E-state index in [2.05, 4.69) is 9.86 Å². The molecule has 0 aliphatic heterocycles. The topological polar surface area (TPSA) is 109 Å². The first-order valence-corrected chi connectivity index (χ1v) is 15.7. The van der Waals surface area contributed by atoms with Crippen molar-refractivity contribution in [3.63, 3.8) is 0 Å². The van der Waals surface area contributed by atoms with Gasteiger partial charge in [0.2, 0.25) is 0 Å². The second kappa shape index (κ2) is 9.24. The summed E-state index contributed by atoms with van der Waals surface area (Å²) in [5, 5.41) is 20.1. The van der Waals surface area contributed by atoms with Crippen molar-refractivity contribution in [1.82, 2.24) is 4.57 Å². The summed E-state index contributed by atoms with van der Waals surface area (Å²) in [4.78, 5) is 28.9. The molecule has 0 aliphatic carbocycles. The van der Waals surface area contributed by atoms with E-state index >= 15 is 0 Å². The average Bonchev–Trinajstić information content (AvgIpc) is 2.59. The Morgan fingerprint density at radius 1 is 1.26 bits per heavy atom. The summed E-state index contributed by atoms with van der Waals surface area (Å²) in [5.74, 6) is -0.951. The SMILES string of the molecule is CCOC(=O)c1cn([C@@H]([I-]O)I(C)C)c(-c2cc(C)c(O)cc2O)cc1=O. The fourth-order valence-corrected chi connectivity index (χ4v) is 8.15. The molecule has 1 atom stereocenters. The van der Waals surface area contributed by atoms with E-state index in [-0.39, 0.29) is 25.7 Å². The Kier molecular flexibility index (Phi) is 7.51. The van der Waals surface area contributed by atoms with Crippen molar-refractivity contribution in [2.24, 2.45) is 0 Å². The monoisotopic (exact) mass is 602 g/mol. The Hall–Kier alpha value is -1.34. The summed E-state index contributed by atoms with van der Waals surface area (Å²) in [7, 11) is 0. The van der Waals surface area contributed by atoms with Crippen molar-refractivity contribution >= 4 is 25.8 Å². The quantitative estimate of drug-likeness (QED) is 0.237. The van der Waals surface area contributed by atoms with Crippen LogP contribution in [0.15, 0.2) is 29.2 Å². The first-order chi connectivity index (χ1) is 12.7. The van der Waals surface area contributed by atoms with Crippen LogP contribution in [0, 0.1) is 6.92 Å². The van der Waals surface area contributed by atoms with Crippen molar-refractivity contribution in [1.29, 1.82) is 0 Å². The molecule has 0 radical (unpaired) electrons. The standard InChI is InChI=1S/C18H22I2NO6/c1-5-27-17(25)12-9-21(18(19-26)20(3)4)13(7-15(12)23)11-6-10(2)14(22)8-16(11)24/h6-9,18,22,24,26H,5H2,1-4H3/q-1/t18-/m0/s1. The maximum absolute atomic E-state index is 12.5. The summed E-state index contributed by atoms with van der Waals surface area (Å²) < 4.78 is 16.5. The van der Waals surface area contributed by atoms with Crippen LogP contribution in [-0.2, 0) is 4.74 Å². The Morgan fingerprint density at radius 3 is 2.48 bits per heavy atom. The van der Waals surface area contributed by atoms with Crippen LogP contribution in [0.1, 0.15) is 24.9 Å². The van der Waals surface area contributed by atoms with Crippen molar-refractivity contribution < 1.29 is 44.8 Å². The van der Waals surface area contributed by atoms with E-state index in [0.717, 1.165) is 0 Å². The number of carbonyl (C=O) groups is 1. The number of nitrogens with zero attached hydrogens (tertiary/aromatic N) is 1. The summed E-state index contributed by atoms with van der Waals surface area (Å²) >= 11 is -2.81. The molecule has 0 amide bonds. The molecular formula is C18H22I2NO6-. The molecule has 2 aromatic rings. The summed E-state index contributed by atoms with van der Waals surface area (Å²) in [6.45, 7) is 3.49. The number of hydrogen-bond acceptors (Lipinski definition) is 6. The zero-order chi connectivity index (χ0) is 20.3. The molecule has 150 valence electrons. The van der Waals surface area contributed by atoms with Gasteiger partial charge in [-0.1, -0.05) is 0 Å². The molecule has 1 aromatic carbocycles. The van der Waals surface area contributed by atoms with E-state index in [1.165, 1.54) is 18.3 Å². The number of phenols is 2.